The molecule has 2 rings (SSSR count). The van der Waals surface area contributed by atoms with E-state index >= 15 is 0 Å². The largest absolute Gasteiger partial charge is 0.317 e. The third-order valence-electron chi connectivity index (χ3n) is 4.09. The Labute approximate surface area is 101 Å². The van der Waals surface area contributed by atoms with Crippen LogP contribution in [-0.4, -0.2) is 13.1 Å². The van der Waals surface area contributed by atoms with Gasteiger partial charge in [0.05, 0.1) is 0 Å². The van der Waals surface area contributed by atoms with Gasteiger partial charge in [0.2, 0.25) is 0 Å². The van der Waals surface area contributed by atoms with Crippen LogP contribution in [0.5, 0.6) is 0 Å². The van der Waals surface area contributed by atoms with E-state index in [0.717, 1.165) is 11.8 Å². The average Bonchev–Trinajstić information content (AvgIpc) is 2.48. The highest BCUT2D eigenvalue weighted by Gasteiger charge is 2.19. The van der Waals surface area contributed by atoms with Crippen LogP contribution in [0.15, 0.2) is 0 Å². The van der Waals surface area contributed by atoms with E-state index in [4.69, 9.17) is 0 Å². The Balaban J connectivity index is 0.00000112. The summed E-state index contributed by atoms with van der Waals surface area (Å²) in [4.78, 5) is 0. The summed E-state index contributed by atoms with van der Waals surface area (Å²) in [5.74, 6) is 2.14. The van der Waals surface area contributed by atoms with Gasteiger partial charge in [-0.1, -0.05) is 32.1 Å². The van der Waals surface area contributed by atoms with Gasteiger partial charge < -0.3 is 5.32 Å². The van der Waals surface area contributed by atoms with Crippen LogP contribution in [0.4, 0.5) is 0 Å². The second-order valence-electron chi connectivity index (χ2n) is 5.29. The van der Waals surface area contributed by atoms with Crippen LogP contribution in [0.25, 0.3) is 0 Å². The molecule has 0 aromatic heterocycles. The summed E-state index contributed by atoms with van der Waals surface area (Å²) in [5, 5.41) is 3.51. The molecule has 90 valence electrons. The second kappa shape index (κ2) is 7.51. The third kappa shape index (κ3) is 4.74. The molecule has 0 radical (unpaired) electrons. The van der Waals surface area contributed by atoms with E-state index in [1.165, 1.54) is 64.5 Å². The third-order valence-corrected chi connectivity index (χ3v) is 4.09. The summed E-state index contributed by atoms with van der Waals surface area (Å²) >= 11 is 0. The van der Waals surface area contributed by atoms with Gasteiger partial charge in [-0.05, 0) is 50.6 Å². The van der Waals surface area contributed by atoms with Crippen LogP contribution < -0.4 is 5.32 Å². The van der Waals surface area contributed by atoms with Crippen molar-refractivity contribution in [1.29, 1.82) is 0 Å². The minimum Gasteiger partial charge on any atom is -0.317 e. The Hall–Kier alpha value is 0.250. The van der Waals surface area contributed by atoms with Crippen molar-refractivity contribution in [2.45, 2.75) is 57.8 Å². The van der Waals surface area contributed by atoms with E-state index in [9.17, 15) is 0 Å². The van der Waals surface area contributed by atoms with Crippen LogP contribution in [-0.2, 0) is 0 Å². The Kier molecular flexibility index (Phi) is 6.67. The van der Waals surface area contributed by atoms with Crippen molar-refractivity contribution in [3.8, 4) is 0 Å². The molecule has 0 spiro atoms. The fourth-order valence-corrected chi connectivity index (χ4v) is 3.22. The predicted octanol–water partition coefficient (Wildman–Crippen LogP) is 3.77. The van der Waals surface area contributed by atoms with Gasteiger partial charge in [0.1, 0.15) is 0 Å². The van der Waals surface area contributed by atoms with Crippen LogP contribution in [0, 0.1) is 11.8 Å². The standard InChI is InChI=1S/C13H25N.ClH/c1-2-5-12(6-3-1)11-13-7-4-9-14-10-8-13;/h12-14H,1-11H2;1H. The summed E-state index contributed by atoms with van der Waals surface area (Å²) < 4.78 is 0. The molecule has 1 atom stereocenters. The molecule has 15 heavy (non-hydrogen) atoms. The minimum absolute atomic E-state index is 0. The maximum absolute atomic E-state index is 3.51. The zero-order chi connectivity index (χ0) is 9.64. The van der Waals surface area contributed by atoms with Gasteiger partial charge in [0.25, 0.3) is 0 Å². The van der Waals surface area contributed by atoms with Gasteiger partial charge in [-0.2, -0.15) is 0 Å². The summed E-state index contributed by atoms with van der Waals surface area (Å²) in [6, 6.07) is 0. The van der Waals surface area contributed by atoms with Crippen molar-refractivity contribution in [3.05, 3.63) is 0 Å². The first kappa shape index (κ1) is 13.3. The van der Waals surface area contributed by atoms with E-state index < -0.39 is 0 Å². The lowest BCUT2D eigenvalue weighted by atomic mass is 9.81. The van der Waals surface area contributed by atoms with Crippen molar-refractivity contribution in [1.82, 2.24) is 5.32 Å². The number of hydrogen-bond acceptors (Lipinski definition) is 1. The summed E-state index contributed by atoms with van der Waals surface area (Å²) in [5.41, 5.74) is 0. The molecule has 1 aliphatic carbocycles. The summed E-state index contributed by atoms with van der Waals surface area (Å²) in [6.45, 7) is 2.54. The molecule has 0 amide bonds. The molecular formula is C13H26ClN. The number of rotatable bonds is 2. The Morgan fingerprint density at radius 2 is 1.40 bits per heavy atom. The molecule has 1 saturated carbocycles. The van der Waals surface area contributed by atoms with Crippen molar-refractivity contribution >= 4 is 12.4 Å². The van der Waals surface area contributed by atoms with Crippen molar-refractivity contribution < 1.29 is 0 Å². The monoisotopic (exact) mass is 231 g/mol. The zero-order valence-electron chi connectivity index (χ0n) is 9.84. The molecule has 0 aromatic carbocycles. The van der Waals surface area contributed by atoms with Crippen molar-refractivity contribution in [2.24, 2.45) is 11.8 Å². The Morgan fingerprint density at radius 3 is 2.20 bits per heavy atom. The number of nitrogens with one attached hydrogen (secondary N) is 1. The van der Waals surface area contributed by atoms with E-state index in [-0.39, 0.29) is 12.4 Å². The van der Waals surface area contributed by atoms with E-state index in [0.29, 0.717) is 0 Å². The lowest BCUT2D eigenvalue weighted by molar-refractivity contribution is 0.275. The number of halogens is 1. The van der Waals surface area contributed by atoms with Crippen LogP contribution >= 0.6 is 12.4 Å². The van der Waals surface area contributed by atoms with Crippen molar-refractivity contribution in [3.63, 3.8) is 0 Å². The average molecular weight is 232 g/mol. The van der Waals surface area contributed by atoms with Crippen LogP contribution in [0.2, 0.25) is 0 Å². The molecule has 1 saturated heterocycles. The normalized spacial score (nSPS) is 29.2. The minimum atomic E-state index is 0. The quantitative estimate of drug-likeness (QED) is 0.763. The first-order chi connectivity index (χ1) is 6.95. The molecule has 0 bridgehead atoms. The van der Waals surface area contributed by atoms with Gasteiger partial charge in [-0.25, -0.2) is 0 Å². The van der Waals surface area contributed by atoms with E-state index in [1.807, 2.05) is 0 Å². The Morgan fingerprint density at radius 1 is 0.733 bits per heavy atom. The second-order valence-corrected chi connectivity index (χ2v) is 5.29. The first-order valence-corrected chi connectivity index (χ1v) is 6.66. The highest BCUT2D eigenvalue weighted by molar-refractivity contribution is 5.85. The fourth-order valence-electron chi connectivity index (χ4n) is 3.22. The molecule has 1 aliphatic heterocycles. The fraction of sp³-hybridized carbons (Fsp3) is 1.00. The lowest BCUT2D eigenvalue weighted by Crippen LogP contribution is -2.15. The van der Waals surface area contributed by atoms with Gasteiger partial charge in [-0.3, -0.25) is 0 Å². The van der Waals surface area contributed by atoms with Gasteiger partial charge in [0.15, 0.2) is 0 Å². The van der Waals surface area contributed by atoms with E-state index in [2.05, 4.69) is 5.32 Å². The smallest absolute Gasteiger partial charge is 0.00463 e. The highest BCUT2D eigenvalue weighted by Crippen LogP contribution is 2.31. The molecule has 2 fully saturated rings. The first-order valence-electron chi connectivity index (χ1n) is 6.66. The molecule has 0 aromatic rings. The van der Waals surface area contributed by atoms with Crippen LogP contribution in [0.1, 0.15) is 57.8 Å². The zero-order valence-corrected chi connectivity index (χ0v) is 10.7. The molecule has 1 nitrogen and oxygen atoms in total. The molecule has 1 N–H and O–H groups in total. The summed E-state index contributed by atoms with van der Waals surface area (Å²) in [7, 11) is 0. The molecule has 2 aliphatic rings. The highest BCUT2D eigenvalue weighted by atomic mass is 35.5. The predicted molar refractivity (Wildman–Crippen MR) is 68.7 cm³/mol. The van der Waals surface area contributed by atoms with Crippen molar-refractivity contribution in [2.75, 3.05) is 13.1 Å². The topological polar surface area (TPSA) is 12.0 Å². The number of hydrogen-bond donors (Lipinski definition) is 1. The molecular weight excluding hydrogens is 206 g/mol. The maximum atomic E-state index is 3.51. The van der Waals surface area contributed by atoms with Gasteiger partial charge in [-0.15, -0.1) is 12.4 Å². The lowest BCUT2D eigenvalue weighted by Gasteiger charge is -2.25. The molecule has 1 heterocycles. The van der Waals surface area contributed by atoms with Gasteiger partial charge in [0, 0.05) is 0 Å². The maximum Gasteiger partial charge on any atom is -0.00463 e. The molecule has 2 heteroatoms. The molecule has 1 unspecified atom stereocenters. The summed E-state index contributed by atoms with van der Waals surface area (Å²) in [6.07, 6.45) is 13.5. The van der Waals surface area contributed by atoms with Gasteiger partial charge >= 0.3 is 0 Å². The van der Waals surface area contributed by atoms with Crippen LogP contribution in [0.3, 0.4) is 0 Å². The Bertz CT molecular complexity index is 147. The van der Waals surface area contributed by atoms with E-state index in [1.54, 1.807) is 6.42 Å². The SMILES string of the molecule is C1CCC(CC2CCCNCC2)CC1.Cl.